The van der Waals surface area contributed by atoms with E-state index >= 15 is 0 Å². The molecule has 108 valence electrons. The van der Waals surface area contributed by atoms with E-state index in [1.165, 1.54) is 12.0 Å². The quantitative estimate of drug-likeness (QED) is 0.465. The van der Waals surface area contributed by atoms with Crippen molar-refractivity contribution in [3.63, 3.8) is 0 Å². The first kappa shape index (κ1) is 14.9. The molecule has 2 rings (SSSR count). The number of aryl methyl sites for hydroxylation is 1. The van der Waals surface area contributed by atoms with Crippen LogP contribution in [-0.2, 0) is 9.53 Å². The van der Waals surface area contributed by atoms with Crippen molar-refractivity contribution in [3.8, 4) is 0 Å². The van der Waals surface area contributed by atoms with Crippen LogP contribution in [0.4, 0.5) is 5.69 Å². The number of hydrogen-bond acceptors (Lipinski definition) is 3. The highest BCUT2D eigenvalue weighted by Crippen LogP contribution is 2.19. The molecule has 0 saturated carbocycles. The van der Waals surface area contributed by atoms with Crippen LogP contribution in [0.25, 0.3) is 0 Å². The molecule has 4 heteroatoms. The smallest absolute Gasteiger partial charge is 0.216 e. The van der Waals surface area contributed by atoms with Crippen molar-refractivity contribution in [1.82, 2.24) is 0 Å². The van der Waals surface area contributed by atoms with Crippen LogP contribution in [0.5, 0.6) is 0 Å². The van der Waals surface area contributed by atoms with Crippen LogP contribution < -0.4 is 4.90 Å². The Kier molecular flexibility index (Phi) is 4.85. The van der Waals surface area contributed by atoms with Crippen molar-refractivity contribution in [2.45, 2.75) is 13.2 Å². The molecule has 1 unspecified atom stereocenters. The summed E-state index contributed by atoms with van der Waals surface area (Å²) in [5, 5.41) is 0. The largest absolute Gasteiger partial charge is 0.354 e. The van der Waals surface area contributed by atoms with E-state index in [0.717, 1.165) is 5.56 Å². The van der Waals surface area contributed by atoms with Gasteiger partial charge in [-0.1, -0.05) is 48.0 Å². The van der Waals surface area contributed by atoms with Gasteiger partial charge in [0.25, 0.3) is 0 Å². The minimum absolute atomic E-state index is 0.259. The van der Waals surface area contributed by atoms with Gasteiger partial charge in [-0.2, -0.15) is 0 Å². The molecule has 0 fully saturated rings. The Morgan fingerprint density at radius 1 is 1.10 bits per heavy atom. The van der Waals surface area contributed by atoms with Crippen molar-refractivity contribution >= 4 is 17.9 Å². The lowest BCUT2D eigenvalue weighted by molar-refractivity contribution is -0.109. The summed E-state index contributed by atoms with van der Waals surface area (Å²) in [4.78, 5) is 25.2. The Hall–Kier alpha value is -2.46. The standard InChI is InChI=1S/C17H17NO3/c1-13-8-10-15(11-9-13)18(12-19)17(21-2)16(20)14-6-4-3-5-7-14/h3-12,17H,1-2H3. The maximum absolute atomic E-state index is 12.5. The third kappa shape index (κ3) is 3.35. The molecule has 0 N–H and O–H groups in total. The summed E-state index contributed by atoms with van der Waals surface area (Å²) in [7, 11) is 1.41. The van der Waals surface area contributed by atoms with E-state index in [2.05, 4.69) is 0 Å². The van der Waals surface area contributed by atoms with Gasteiger partial charge < -0.3 is 4.74 Å². The lowest BCUT2D eigenvalue weighted by Crippen LogP contribution is -2.42. The second kappa shape index (κ2) is 6.81. The van der Waals surface area contributed by atoms with Crippen LogP contribution in [-0.4, -0.2) is 25.5 Å². The molecule has 0 aromatic heterocycles. The summed E-state index contributed by atoms with van der Waals surface area (Å²) in [5.74, 6) is -0.259. The number of methoxy groups -OCH3 is 1. The zero-order valence-electron chi connectivity index (χ0n) is 12.0. The third-order valence-electron chi connectivity index (χ3n) is 3.20. The van der Waals surface area contributed by atoms with E-state index < -0.39 is 6.23 Å². The molecule has 1 amide bonds. The molecule has 0 heterocycles. The van der Waals surface area contributed by atoms with E-state index in [1.54, 1.807) is 36.4 Å². The predicted molar refractivity (Wildman–Crippen MR) is 81.3 cm³/mol. The first-order valence-electron chi connectivity index (χ1n) is 6.59. The third-order valence-corrected chi connectivity index (χ3v) is 3.20. The molecular formula is C17H17NO3. The predicted octanol–water partition coefficient (Wildman–Crippen LogP) is 2.81. The maximum atomic E-state index is 12.5. The highest BCUT2D eigenvalue weighted by molar-refractivity contribution is 6.03. The maximum Gasteiger partial charge on any atom is 0.216 e. The van der Waals surface area contributed by atoms with Gasteiger partial charge in [0.1, 0.15) is 0 Å². The van der Waals surface area contributed by atoms with Gasteiger partial charge in [-0.15, -0.1) is 0 Å². The number of Topliss-reactive ketones (excluding diaryl/α,β-unsaturated/α-hetero) is 1. The Morgan fingerprint density at radius 2 is 1.71 bits per heavy atom. The molecule has 0 bridgehead atoms. The number of anilines is 1. The van der Waals surface area contributed by atoms with Crippen molar-refractivity contribution in [2.75, 3.05) is 12.0 Å². The second-order valence-electron chi connectivity index (χ2n) is 4.67. The minimum Gasteiger partial charge on any atom is -0.354 e. The van der Waals surface area contributed by atoms with Crippen LogP contribution >= 0.6 is 0 Å². The summed E-state index contributed by atoms with van der Waals surface area (Å²) >= 11 is 0. The average Bonchev–Trinajstić information content (AvgIpc) is 2.54. The molecule has 21 heavy (non-hydrogen) atoms. The molecule has 2 aromatic carbocycles. The Balaban J connectivity index is 2.32. The lowest BCUT2D eigenvalue weighted by Gasteiger charge is -2.26. The summed E-state index contributed by atoms with van der Waals surface area (Å²) < 4.78 is 5.25. The molecular weight excluding hydrogens is 266 g/mol. The van der Waals surface area contributed by atoms with Crippen LogP contribution in [0.3, 0.4) is 0 Å². The molecule has 2 aromatic rings. The fourth-order valence-electron chi connectivity index (χ4n) is 2.06. The molecule has 0 aliphatic rings. The van der Waals surface area contributed by atoms with Crippen molar-refractivity contribution < 1.29 is 14.3 Å². The summed E-state index contributed by atoms with van der Waals surface area (Å²) in [5.41, 5.74) is 2.20. The van der Waals surface area contributed by atoms with Gasteiger partial charge in [0.2, 0.25) is 12.2 Å². The van der Waals surface area contributed by atoms with Gasteiger partial charge in [0.05, 0.1) is 0 Å². The second-order valence-corrected chi connectivity index (χ2v) is 4.67. The van der Waals surface area contributed by atoms with Gasteiger partial charge in [0, 0.05) is 18.4 Å². The van der Waals surface area contributed by atoms with Crippen LogP contribution in [0, 0.1) is 6.92 Å². The average molecular weight is 283 g/mol. The van der Waals surface area contributed by atoms with E-state index in [4.69, 9.17) is 4.74 Å². The number of hydrogen-bond donors (Lipinski definition) is 0. The van der Waals surface area contributed by atoms with Crippen molar-refractivity contribution in [2.24, 2.45) is 0 Å². The van der Waals surface area contributed by atoms with E-state index in [9.17, 15) is 9.59 Å². The van der Waals surface area contributed by atoms with Crippen LogP contribution in [0.15, 0.2) is 54.6 Å². The van der Waals surface area contributed by atoms with E-state index in [-0.39, 0.29) is 5.78 Å². The zero-order valence-corrected chi connectivity index (χ0v) is 12.0. The highest BCUT2D eigenvalue weighted by Gasteiger charge is 2.26. The van der Waals surface area contributed by atoms with E-state index in [0.29, 0.717) is 17.7 Å². The molecule has 0 radical (unpaired) electrons. The highest BCUT2D eigenvalue weighted by atomic mass is 16.5. The molecule has 0 spiro atoms. The van der Waals surface area contributed by atoms with Gasteiger partial charge in [-0.05, 0) is 19.1 Å². The van der Waals surface area contributed by atoms with E-state index in [1.807, 2.05) is 25.1 Å². The van der Waals surface area contributed by atoms with Crippen molar-refractivity contribution in [1.29, 1.82) is 0 Å². The molecule has 1 atom stereocenters. The zero-order chi connectivity index (χ0) is 15.2. The SMILES string of the molecule is COC(C(=O)c1ccccc1)N(C=O)c1ccc(C)cc1. The first-order chi connectivity index (χ1) is 10.2. The van der Waals surface area contributed by atoms with Crippen LogP contribution in [0.2, 0.25) is 0 Å². The molecule has 0 aliphatic carbocycles. The normalized spacial score (nSPS) is 11.7. The number of benzene rings is 2. The Morgan fingerprint density at radius 3 is 2.24 bits per heavy atom. The minimum atomic E-state index is -0.979. The first-order valence-corrected chi connectivity index (χ1v) is 6.59. The number of rotatable bonds is 6. The molecule has 0 saturated heterocycles. The van der Waals surface area contributed by atoms with Gasteiger partial charge >= 0.3 is 0 Å². The lowest BCUT2D eigenvalue weighted by atomic mass is 10.1. The Bertz CT molecular complexity index is 608. The summed E-state index contributed by atoms with van der Waals surface area (Å²) in [6.45, 7) is 1.96. The number of carbonyl (C=O) groups is 2. The summed E-state index contributed by atoms with van der Waals surface area (Å²) in [6, 6.07) is 16.1. The van der Waals surface area contributed by atoms with Gasteiger partial charge in [-0.3, -0.25) is 14.5 Å². The number of ketones is 1. The number of amides is 1. The Labute approximate surface area is 124 Å². The van der Waals surface area contributed by atoms with Gasteiger partial charge in [0.15, 0.2) is 6.23 Å². The fourth-order valence-corrected chi connectivity index (χ4v) is 2.06. The number of ether oxygens (including phenoxy) is 1. The fraction of sp³-hybridized carbons (Fsp3) is 0.176. The topological polar surface area (TPSA) is 46.6 Å². The molecule has 0 aliphatic heterocycles. The monoisotopic (exact) mass is 283 g/mol. The number of carbonyl (C=O) groups excluding carboxylic acids is 2. The number of nitrogens with zero attached hydrogens (tertiary/aromatic N) is 1. The van der Waals surface area contributed by atoms with Crippen LogP contribution in [0.1, 0.15) is 15.9 Å². The molecule has 4 nitrogen and oxygen atoms in total. The van der Waals surface area contributed by atoms with Crippen molar-refractivity contribution in [3.05, 3.63) is 65.7 Å². The van der Waals surface area contributed by atoms with Gasteiger partial charge in [-0.25, -0.2) is 0 Å². The summed E-state index contributed by atoms with van der Waals surface area (Å²) in [6.07, 6.45) is -0.368.